The normalized spacial score (nSPS) is 21.2. The van der Waals surface area contributed by atoms with Crippen LogP contribution in [0.25, 0.3) is 5.57 Å². The second-order valence-electron chi connectivity index (χ2n) is 6.77. The molecule has 3 aromatic rings. The van der Waals surface area contributed by atoms with E-state index in [1.165, 1.54) is 0 Å². The lowest BCUT2D eigenvalue weighted by molar-refractivity contribution is 0.124. The fourth-order valence-electron chi connectivity index (χ4n) is 3.53. The molecule has 0 bridgehead atoms. The van der Waals surface area contributed by atoms with Crippen LogP contribution in [0.1, 0.15) is 23.7 Å². The van der Waals surface area contributed by atoms with Crippen molar-refractivity contribution in [1.82, 2.24) is 9.55 Å². The summed E-state index contributed by atoms with van der Waals surface area (Å²) < 4.78 is 1.50. The minimum atomic E-state index is -0.638. The molecule has 0 aliphatic carbocycles. The van der Waals surface area contributed by atoms with Crippen molar-refractivity contribution < 1.29 is 5.11 Å². The van der Waals surface area contributed by atoms with Gasteiger partial charge in [-0.25, -0.2) is 4.98 Å². The van der Waals surface area contributed by atoms with Gasteiger partial charge in [0.15, 0.2) is 0 Å². The Hall–Kier alpha value is -1.72. The van der Waals surface area contributed by atoms with Gasteiger partial charge in [0.1, 0.15) is 0 Å². The maximum atomic E-state index is 11.3. The third kappa shape index (κ3) is 3.67. The smallest absolute Gasteiger partial charge is 0.0971 e. The Labute approximate surface area is 172 Å². The first-order valence-electron chi connectivity index (χ1n) is 8.53. The number of thioether (sulfide) groups is 1. The van der Waals surface area contributed by atoms with Crippen LogP contribution < -0.4 is 0 Å². The van der Waals surface area contributed by atoms with Crippen LogP contribution in [0.15, 0.2) is 72.7 Å². The molecule has 1 aromatic heterocycles. The lowest BCUT2D eigenvalue weighted by atomic mass is 9.87. The SMILES string of the molecule is C=C(C[C@@]1(Cn2ccnc2)Sc2cc(Cl)ccc2[C@@H]1O)c1ccc(Cl)cc1. The van der Waals surface area contributed by atoms with Gasteiger partial charge >= 0.3 is 0 Å². The van der Waals surface area contributed by atoms with Gasteiger partial charge in [-0.05, 0) is 47.4 Å². The molecule has 0 fully saturated rings. The van der Waals surface area contributed by atoms with E-state index < -0.39 is 10.9 Å². The molecule has 4 rings (SSSR count). The van der Waals surface area contributed by atoms with Gasteiger partial charge in [0.25, 0.3) is 0 Å². The third-order valence-corrected chi connectivity index (χ3v) is 6.82. The lowest BCUT2D eigenvalue weighted by Crippen LogP contribution is -2.34. The number of halogens is 2. The monoisotopic (exact) mass is 416 g/mol. The molecule has 0 spiro atoms. The standard InChI is InChI=1S/C21H18Cl2N2OS/c1-14(15-2-4-16(22)5-3-15)11-21(12-25-9-8-24-13-25)20(26)18-7-6-17(23)10-19(18)27-21/h2-10,13,20,26H,1,11-12H2/t20-,21-/m0/s1. The summed E-state index contributed by atoms with van der Waals surface area (Å²) in [5.41, 5.74) is 2.89. The minimum absolute atomic E-state index is 0.496. The third-order valence-electron chi connectivity index (χ3n) is 4.86. The molecule has 3 nitrogen and oxygen atoms in total. The molecule has 6 heteroatoms. The molecule has 0 unspecified atom stereocenters. The maximum absolute atomic E-state index is 11.3. The summed E-state index contributed by atoms with van der Waals surface area (Å²) in [5.74, 6) is 0. The van der Waals surface area contributed by atoms with Crippen LogP contribution in [0.2, 0.25) is 10.0 Å². The van der Waals surface area contributed by atoms with Crippen molar-refractivity contribution in [3.63, 3.8) is 0 Å². The van der Waals surface area contributed by atoms with Crippen molar-refractivity contribution in [1.29, 1.82) is 0 Å². The summed E-state index contributed by atoms with van der Waals surface area (Å²) in [4.78, 5) is 5.16. The number of rotatable bonds is 5. The predicted molar refractivity (Wildman–Crippen MR) is 112 cm³/mol. The number of aromatic nitrogens is 2. The van der Waals surface area contributed by atoms with Crippen LogP contribution in [0.3, 0.4) is 0 Å². The molecule has 1 aliphatic heterocycles. The topological polar surface area (TPSA) is 38.0 Å². The van der Waals surface area contributed by atoms with Crippen molar-refractivity contribution >= 4 is 40.5 Å². The second kappa shape index (κ2) is 7.36. The zero-order valence-corrected chi connectivity index (χ0v) is 16.8. The van der Waals surface area contributed by atoms with Crippen molar-refractivity contribution in [3.8, 4) is 0 Å². The van der Waals surface area contributed by atoms with E-state index in [4.69, 9.17) is 23.2 Å². The highest BCUT2D eigenvalue weighted by Crippen LogP contribution is 2.56. The molecule has 1 N–H and O–H groups in total. The van der Waals surface area contributed by atoms with Crippen LogP contribution in [0.4, 0.5) is 0 Å². The van der Waals surface area contributed by atoms with Crippen molar-refractivity contribution in [3.05, 3.63) is 88.9 Å². The average molecular weight is 417 g/mol. The highest BCUT2D eigenvalue weighted by atomic mass is 35.5. The summed E-state index contributed by atoms with van der Waals surface area (Å²) >= 11 is 13.9. The molecule has 138 valence electrons. The molecule has 0 saturated heterocycles. The van der Waals surface area contributed by atoms with Gasteiger partial charge in [0.05, 0.1) is 17.2 Å². The summed E-state index contributed by atoms with van der Waals surface area (Å²) in [6.07, 6.45) is 5.41. The van der Waals surface area contributed by atoms with E-state index in [9.17, 15) is 5.11 Å². The van der Waals surface area contributed by atoms with Gasteiger partial charge in [-0.15, -0.1) is 11.8 Å². The zero-order chi connectivity index (χ0) is 19.0. The van der Waals surface area contributed by atoms with E-state index in [2.05, 4.69) is 11.6 Å². The second-order valence-corrected chi connectivity index (χ2v) is 9.10. The van der Waals surface area contributed by atoms with E-state index in [0.717, 1.165) is 21.6 Å². The van der Waals surface area contributed by atoms with Crippen LogP contribution in [-0.4, -0.2) is 19.4 Å². The Morgan fingerprint density at radius 2 is 1.93 bits per heavy atom. The van der Waals surface area contributed by atoms with E-state index >= 15 is 0 Å². The minimum Gasteiger partial charge on any atom is -0.387 e. The Morgan fingerprint density at radius 3 is 2.63 bits per heavy atom. The van der Waals surface area contributed by atoms with Crippen molar-refractivity contribution in [2.75, 3.05) is 0 Å². The number of allylic oxidation sites excluding steroid dienone is 1. The van der Waals surface area contributed by atoms with Crippen LogP contribution in [-0.2, 0) is 6.54 Å². The number of imidazole rings is 1. The maximum Gasteiger partial charge on any atom is 0.0971 e. The van der Waals surface area contributed by atoms with Crippen LogP contribution >= 0.6 is 35.0 Å². The van der Waals surface area contributed by atoms with Crippen LogP contribution in [0.5, 0.6) is 0 Å². The molecule has 2 atom stereocenters. The first-order chi connectivity index (χ1) is 13.0. The molecule has 0 radical (unpaired) electrons. The largest absolute Gasteiger partial charge is 0.387 e. The number of fused-ring (bicyclic) bond motifs is 1. The van der Waals surface area contributed by atoms with Gasteiger partial charge < -0.3 is 9.67 Å². The summed E-state index contributed by atoms with van der Waals surface area (Å²) in [5, 5.41) is 12.6. The molecule has 2 aromatic carbocycles. The Balaban J connectivity index is 1.69. The predicted octanol–water partition coefficient (Wildman–Crippen LogP) is 5.87. The number of aliphatic hydroxyl groups is 1. The molecule has 1 aliphatic rings. The number of benzene rings is 2. The van der Waals surface area contributed by atoms with Gasteiger partial charge in [-0.1, -0.05) is 48.0 Å². The summed E-state index contributed by atoms with van der Waals surface area (Å²) in [7, 11) is 0. The van der Waals surface area contributed by atoms with Gasteiger partial charge in [0, 0.05) is 33.9 Å². The number of nitrogens with zero attached hydrogens (tertiary/aromatic N) is 2. The quantitative estimate of drug-likeness (QED) is 0.564. The number of hydrogen-bond acceptors (Lipinski definition) is 3. The Kier molecular flexibility index (Phi) is 5.08. The van der Waals surface area contributed by atoms with Crippen molar-refractivity contribution in [2.45, 2.75) is 28.7 Å². The summed E-state index contributed by atoms with van der Waals surface area (Å²) in [6.45, 7) is 4.90. The molecule has 0 amide bonds. The molecular weight excluding hydrogens is 399 g/mol. The van der Waals surface area contributed by atoms with Crippen molar-refractivity contribution in [2.24, 2.45) is 0 Å². The zero-order valence-electron chi connectivity index (χ0n) is 14.5. The van der Waals surface area contributed by atoms with E-state index in [-0.39, 0.29) is 0 Å². The molecule has 0 saturated carbocycles. The number of aliphatic hydroxyl groups excluding tert-OH is 1. The van der Waals surface area contributed by atoms with Crippen LogP contribution in [0, 0.1) is 0 Å². The highest BCUT2D eigenvalue weighted by molar-refractivity contribution is 8.01. The first-order valence-corrected chi connectivity index (χ1v) is 10.1. The van der Waals surface area contributed by atoms with E-state index in [1.54, 1.807) is 24.3 Å². The summed E-state index contributed by atoms with van der Waals surface area (Å²) in [6, 6.07) is 13.3. The fraction of sp³-hybridized carbons (Fsp3) is 0.190. The Bertz CT molecular complexity index is 972. The highest BCUT2D eigenvalue weighted by Gasteiger charge is 2.47. The lowest BCUT2D eigenvalue weighted by Gasteiger charge is -2.33. The van der Waals surface area contributed by atoms with E-state index in [1.807, 2.05) is 53.2 Å². The molecular formula is C21H18Cl2N2OS. The number of hydrogen-bond donors (Lipinski definition) is 1. The average Bonchev–Trinajstić information content (AvgIpc) is 3.22. The Morgan fingerprint density at radius 1 is 1.19 bits per heavy atom. The fourth-order valence-corrected chi connectivity index (χ4v) is 5.51. The van der Waals surface area contributed by atoms with Gasteiger partial charge in [0.2, 0.25) is 0 Å². The first kappa shape index (κ1) is 18.6. The van der Waals surface area contributed by atoms with Gasteiger partial charge in [-0.2, -0.15) is 0 Å². The molecule has 2 heterocycles. The van der Waals surface area contributed by atoms with Gasteiger partial charge in [-0.3, -0.25) is 0 Å². The molecule has 27 heavy (non-hydrogen) atoms. The van der Waals surface area contributed by atoms with E-state index in [0.29, 0.717) is 23.0 Å².